The zero-order chi connectivity index (χ0) is 17.1. The Kier molecular flexibility index (Phi) is 3.71. The van der Waals surface area contributed by atoms with Gasteiger partial charge in [-0.05, 0) is 85.5 Å². The maximum Gasteiger partial charge on any atom is 0.0919 e. The highest BCUT2D eigenvalue weighted by molar-refractivity contribution is 5.54. The molecule has 0 heterocycles. The molecule has 0 bridgehead atoms. The van der Waals surface area contributed by atoms with Crippen molar-refractivity contribution in [2.45, 2.75) is 70.9 Å². The summed E-state index contributed by atoms with van der Waals surface area (Å²) in [5.74, 6) is 2.90. The molecule has 4 rings (SSSR count). The molecular weight excluding hydrogens is 292 g/mol. The molecule has 1 spiro atoms. The van der Waals surface area contributed by atoms with Crippen LogP contribution in [0.15, 0.2) is 47.9 Å². The van der Waals surface area contributed by atoms with Gasteiger partial charge >= 0.3 is 0 Å². The summed E-state index contributed by atoms with van der Waals surface area (Å²) in [4.78, 5) is 0. The lowest BCUT2D eigenvalue weighted by atomic mass is 9.43. The number of allylic oxidation sites excluding steroid dienone is 3. The molecule has 130 valence electrons. The first kappa shape index (κ1) is 16.1. The molecule has 24 heavy (non-hydrogen) atoms. The number of fused-ring (bicyclic) bond motifs is 2. The highest BCUT2D eigenvalue weighted by Crippen LogP contribution is 2.67. The summed E-state index contributed by atoms with van der Waals surface area (Å²) in [6.45, 7) is 17.0. The maximum absolute atomic E-state index is 4.30. The topological polar surface area (TPSA) is 24.1 Å². The second-order valence-corrected chi connectivity index (χ2v) is 8.66. The molecule has 3 fully saturated rings. The van der Waals surface area contributed by atoms with Gasteiger partial charge in [0, 0.05) is 12.1 Å². The zero-order valence-corrected chi connectivity index (χ0v) is 15.4. The standard InChI is InChI=1S/C22H32N2/c1-13-12-19(15(3)14(13)2)16(4)23-17(5)24-21-18-8-6-9-20(18)22(21)10-7-11-22/h16,18,20-21,23-24H,1-2,5-12H2,3-4H3. The van der Waals surface area contributed by atoms with Gasteiger partial charge in [-0.1, -0.05) is 32.6 Å². The Hall–Kier alpha value is -1.44. The average molecular weight is 325 g/mol. The fourth-order valence-electron chi connectivity index (χ4n) is 6.14. The Labute approximate surface area is 147 Å². The van der Waals surface area contributed by atoms with Crippen LogP contribution in [-0.2, 0) is 0 Å². The Balaban J connectivity index is 1.39. The molecule has 4 aliphatic rings. The van der Waals surface area contributed by atoms with Crippen molar-refractivity contribution >= 4 is 0 Å². The van der Waals surface area contributed by atoms with Gasteiger partial charge in [0.25, 0.3) is 0 Å². The van der Waals surface area contributed by atoms with Crippen molar-refractivity contribution in [3.63, 3.8) is 0 Å². The van der Waals surface area contributed by atoms with Gasteiger partial charge in [0.05, 0.1) is 5.82 Å². The molecule has 2 heteroatoms. The third-order valence-electron chi connectivity index (χ3n) is 7.65. The van der Waals surface area contributed by atoms with Gasteiger partial charge in [0.2, 0.25) is 0 Å². The normalized spacial score (nSPS) is 34.7. The van der Waals surface area contributed by atoms with Crippen LogP contribution in [-0.4, -0.2) is 12.1 Å². The molecular formula is C22H32N2. The summed E-state index contributed by atoms with van der Waals surface area (Å²) >= 11 is 0. The van der Waals surface area contributed by atoms with E-state index >= 15 is 0 Å². The van der Waals surface area contributed by atoms with Crippen molar-refractivity contribution in [2.24, 2.45) is 17.3 Å². The van der Waals surface area contributed by atoms with E-state index in [9.17, 15) is 0 Å². The van der Waals surface area contributed by atoms with Gasteiger partial charge in [0.15, 0.2) is 0 Å². The molecule has 4 unspecified atom stereocenters. The molecule has 3 saturated carbocycles. The molecule has 0 saturated heterocycles. The first-order chi connectivity index (χ1) is 11.4. The van der Waals surface area contributed by atoms with Crippen molar-refractivity contribution in [3.05, 3.63) is 47.9 Å². The molecule has 0 aromatic heterocycles. The minimum atomic E-state index is 0.290. The van der Waals surface area contributed by atoms with Gasteiger partial charge in [-0.3, -0.25) is 0 Å². The van der Waals surface area contributed by atoms with Gasteiger partial charge < -0.3 is 10.6 Å². The van der Waals surface area contributed by atoms with Crippen LogP contribution in [0.5, 0.6) is 0 Å². The van der Waals surface area contributed by atoms with Crippen LogP contribution in [0.3, 0.4) is 0 Å². The predicted octanol–water partition coefficient (Wildman–Crippen LogP) is 4.83. The lowest BCUT2D eigenvalue weighted by Gasteiger charge is -2.65. The molecule has 0 aromatic rings. The van der Waals surface area contributed by atoms with Gasteiger partial charge in [-0.2, -0.15) is 0 Å². The number of rotatable bonds is 5. The van der Waals surface area contributed by atoms with E-state index in [0.29, 0.717) is 11.5 Å². The van der Waals surface area contributed by atoms with E-state index in [1.807, 2.05) is 0 Å². The van der Waals surface area contributed by atoms with Crippen LogP contribution in [0.1, 0.15) is 58.8 Å². The molecule has 0 amide bonds. The molecule has 0 aliphatic heterocycles. The summed E-state index contributed by atoms with van der Waals surface area (Å²) in [7, 11) is 0. The van der Waals surface area contributed by atoms with Crippen molar-refractivity contribution in [1.29, 1.82) is 0 Å². The minimum Gasteiger partial charge on any atom is -0.369 e. The lowest BCUT2D eigenvalue weighted by Crippen LogP contribution is -2.68. The van der Waals surface area contributed by atoms with Crippen molar-refractivity contribution in [2.75, 3.05) is 0 Å². The Morgan fingerprint density at radius 2 is 1.96 bits per heavy atom. The smallest absolute Gasteiger partial charge is 0.0919 e. The summed E-state index contributed by atoms with van der Waals surface area (Å²) in [5.41, 5.74) is 5.62. The average Bonchev–Trinajstić information content (AvgIpc) is 3.01. The second-order valence-electron chi connectivity index (χ2n) is 8.66. The van der Waals surface area contributed by atoms with Gasteiger partial charge in [-0.15, -0.1) is 0 Å². The van der Waals surface area contributed by atoms with Crippen LogP contribution in [0.25, 0.3) is 0 Å². The Morgan fingerprint density at radius 3 is 2.54 bits per heavy atom. The van der Waals surface area contributed by atoms with Crippen LogP contribution in [0.4, 0.5) is 0 Å². The van der Waals surface area contributed by atoms with Crippen LogP contribution in [0.2, 0.25) is 0 Å². The third kappa shape index (κ3) is 2.14. The van der Waals surface area contributed by atoms with Crippen LogP contribution < -0.4 is 10.6 Å². The maximum atomic E-state index is 4.30. The van der Waals surface area contributed by atoms with E-state index < -0.39 is 0 Å². The third-order valence-corrected chi connectivity index (χ3v) is 7.65. The van der Waals surface area contributed by atoms with E-state index in [2.05, 4.69) is 44.2 Å². The Bertz CT molecular complexity index is 634. The molecule has 4 atom stereocenters. The first-order valence-corrected chi connectivity index (χ1v) is 9.73. The summed E-state index contributed by atoms with van der Waals surface area (Å²) in [6.07, 6.45) is 9.55. The SMILES string of the molecule is C=C(NC(C)C1=C(C)C(=C)C(=C)C1)NC1C2CCCC2C12CCC2. The van der Waals surface area contributed by atoms with E-state index in [4.69, 9.17) is 0 Å². The largest absolute Gasteiger partial charge is 0.369 e. The molecule has 4 aliphatic carbocycles. The lowest BCUT2D eigenvalue weighted by molar-refractivity contribution is -0.125. The van der Waals surface area contributed by atoms with Crippen LogP contribution >= 0.6 is 0 Å². The fourth-order valence-corrected chi connectivity index (χ4v) is 6.14. The second kappa shape index (κ2) is 5.54. The number of hydrogen-bond acceptors (Lipinski definition) is 2. The molecule has 2 N–H and O–H groups in total. The first-order valence-electron chi connectivity index (χ1n) is 9.73. The van der Waals surface area contributed by atoms with E-state index in [1.54, 1.807) is 0 Å². The predicted molar refractivity (Wildman–Crippen MR) is 101 cm³/mol. The molecule has 0 aromatic carbocycles. The van der Waals surface area contributed by atoms with E-state index in [0.717, 1.165) is 35.2 Å². The minimum absolute atomic E-state index is 0.290. The highest BCUT2D eigenvalue weighted by Gasteiger charge is 2.64. The van der Waals surface area contributed by atoms with Crippen molar-refractivity contribution in [1.82, 2.24) is 10.6 Å². The monoisotopic (exact) mass is 324 g/mol. The fraction of sp³-hybridized carbons (Fsp3) is 0.636. The molecule has 2 nitrogen and oxygen atoms in total. The highest BCUT2D eigenvalue weighted by atomic mass is 15.1. The van der Waals surface area contributed by atoms with Crippen molar-refractivity contribution < 1.29 is 0 Å². The van der Waals surface area contributed by atoms with E-state index in [-0.39, 0.29) is 6.04 Å². The van der Waals surface area contributed by atoms with Crippen LogP contribution in [0, 0.1) is 17.3 Å². The number of nitrogens with one attached hydrogen (secondary N) is 2. The van der Waals surface area contributed by atoms with Crippen molar-refractivity contribution in [3.8, 4) is 0 Å². The zero-order valence-electron chi connectivity index (χ0n) is 15.4. The number of hydrogen-bond donors (Lipinski definition) is 2. The summed E-state index contributed by atoms with van der Waals surface area (Å²) in [5, 5.41) is 7.41. The summed E-state index contributed by atoms with van der Waals surface area (Å²) < 4.78 is 0. The summed E-state index contributed by atoms with van der Waals surface area (Å²) in [6, 6.07) is 0.951. The molecule has 0 radical (unpaired) electrons. The quantitative estimate of drug-likeness (QED) is 0.757. The van der Waals surface area contributed by atoms with Gasteiger partial charge in [-0.25, -0.2) is 0 Å². The van der Waals surface area contributed by atoms with E-state index in [1.165, 1.54) is 49.7 Å². The Morgan fingerprint density at radius 1 is 1.21 bits per heavy atom. The van der Waals surface area contributed by atoms with Gasteiger partial charge in [0.1, 0.15) is 0 Å².